The molecule has 1 amide bonds. The number of carbonyl (C=O) groups is 1. The first-order chi connectivity index (χ1) is 11.3. The summed E-state index contributed by atoms with van der Waals surface area (Å²) in [6.45, 7) is 1.92. The predicted octanol–water partition coefficient (Wildman–Crippen LogP) is 1.84. The number of amides is 1. The van der Waals surface area contributed by atoms with Gasteiger partial charge in [0.2, 0.25) is 0 Å². The monoisotopic (exact) mass is 334 g/mol. The van der Waals surface area contributed by atoms with Gasteiger partial charge in [-0.15, -0.1) is 21.5 Å². The number of hydrogen-bond donors (Lipinski definition) is 1. The number of nitrogens with zero attached hydrogens (tertiary/aromatic N) is 3. The van der Waals surface area contributed by atoms with Crippen molar-refractivity contribution >= 4 is 17.2 Å². The summed E-state index contributed by atoms with van der Waals surface area (Å²) >= 11 is 1.57. The predicted molar refractivity (Wildman–Crippen MR) is 88.9 cm³/mol. The van der Waals surface area contributed by atoms with Crippen LogP contribution in [0.2, 0.25) is 0 Å². The molecule has 3 rings (SSSR count). The first-order valence-corrected chi connectivity index (χ1v) is 8.90. The molecule has 0 spiro atoms. The molecule has 0 bridgehead atoms. The molecule has 0 radical (unpaired) electrons. The molecule has 0 saturated heterocycles. The molecule has 0 unspecified atom stereocenters. The first kappa shape index (κ1) is 16.1. The Balaban J connectivity index is 1.54. The summed E-state index contributed by atoms with van der Waals surface area (Å²) in [5.41, 5.74) is 2.63. The number of nitrogens with one attached hydrogen (secondary N) is 1. The van der Waals surface area contributed by atoms with Gasteiger partial charge in [0.25, 0.3) is 5.91 Å². The third-order valence-corrected chi connectivity index (χ3v) is 5.25. The van der Waals surface area contributed by atoms with Crippen LogP contribution in [0.3, 0.4) is 0 Å². The Kier molecular flexibility index (Phi) is 5.40. The van der Waals surface area contributed by atoms with Crippen LogP contribution in [0.5, 0.6) is 0 Å². The van der Waals surface area contributed by atoms with E-state index in [0.29, 0.717) is 19.6 Å². The molecule has 2 aromatic rings. The Morgan fingerprint density at radius 2 is 2.30 bits per heavy atom. The van der Waals surface area contributed by atoms with Crippen molar-refractivity contribution in [3.05, 3.63) is 33.5 Å². The standard InChI is InChI=1S/C16H22N4O2S/c1-22-9-8-20-11-18-19-14(20)6-7-17-16(21)15-13-5-3-2-4-12(13)10-23-15/h10-11H,2-9H2,1H3,(H,17,21). The zero-order chi connectivity index (χ0) is 16.1. The van der Waals surface area contributed by atoms with Gasteiger partial charge in [-0.1, -0.05) is 0 Å². The molecule has 0 aromatic carbocycles. The lowest BCUT2D eigenvalue weighted by atomic mass is 9.94. The number of fused-ring (bicyclic) bond motifs is 1. The highest BCUT2D eigenvalue weighted by Crippen LogP contribution is 2.29. The summed E-state index contributed by atoms with van der Waals surface area (Å²) < 4.78 is 7.03. The highest BCUT2D eigenvalue weighted by Gasteiger charge is 2.20. The molecule has 23 heavy (non-hydrogen) atoms. The number of thiophene rings is 1. The molecule has 124 valence electrons. The van der Waals surface area contributed by atoms with E-state index >= 15 is 0 Å². The van der Waals surface area contributed by atoms with Crippen molar-refractivity contribution < 1.29 is 9.53 Å². The fraction of sp³-hybridized carbons (Fsp3) is 0.562. The van der Waals surface area contributed by atoms with Crippen LogP contribution < -0.4 is 5.32 Å². The number of hydrogen-bond acceptors (Lipinski definition) is 5. The second-order valence-corrected chi connectivity index (χ2v) is 6.59. The van der Waals surface area contributed by atoms with Crippen LogP contribution in [0.1, 0.15) is 39.5 Å². The molecule has 1 aliphatic carbocycles. The average Bonchev–Trinajstić information content (AvgIpc) is 3.19. The molecule has 0 aliphatic heterocycles. The highest BCUT2D eigenvalue weighted by molar-refractivity contribution is 7.12. The van der Waals surface area contributed by atoms with E-state index in [9.17, 15) is 4.79 Å². The van der Waals surface area contributed by atoms with Crippen molar-refractivity contribution in [2.75, 3.05) is 20.3 Å². The third-order valence-electron chi connectivity index (χ3n) is 4.18. The first-order valence-electron chi connectivity index (χ1n) is 8.02. The lowest BCUT2D eigenvalue weighted by Gasteiger charge is -2.12. The lowest BCUT2D eigenvalue weighted by molar-refractivity contribution is 0.0956. The van der Waals surface area contributed by atoms with Crippen molar-refractivity contribution in [1.29, 1.82) is 0 Å². The number of aromatic nitrogens is 3. The van der Waals surface area contributed by atoms with Crippen molar-refractivity contribution in [2.45, 2.75) is 38.6 Å². The van der Waals surface area contributed by atoms with E-state index in [1.54, 1.807) is 24.8 Å². The van der Waals surface area contributed by atoms with Gasteiger partial charge in [-0.25, -0.2) is 0 Å². The Hall–Kier alpha value is -1.73. The lowest BCUT2D eigenvalue weighted by Crippen LogP contribution is -2.27. The van der Waals surface area contributed by atoms with Crippen molar-refractivity contribution in [1.82, 2.24) is 20.1 Å². The topological polar surface area (TPSA) is 69.0 Å². The maximum atomic E-state index is 12.4. The molecular formula is C16H22N4O2S. The van der Waals surface area contributed by atoms with Gasteiger partial charge in [0.05, 0.1) is 11.5 Å². The quantitative estimate of drug-likeness (QED) is 0.839. The molecule has 1 aliphatic rings. The Labute approximate surface area is 139 Å². The maximum Gasteiger partial charge on any atom is 0.261 e. The van der Waals surface area contributed by atoms with Gasteiger partial charge in [0, 0.05) is 26.6 Å². The second kappa shape index (κ2) is 7.70. The normalized spacial score (nSPS) is 13.8. The zero-order valence-corrected chi connectivity index (χ0v) is 14.2. The molecule has 2 aromatic heterocycles. The van der Waals surface area contributed by atoms with Crippen molar-refractivity contribution in [3.8, 4) is 0 Å². The van der Waals surface area contributed by atoms with Crippen molar-refractivity contribution in [2.24, 2.45) is 0 Å². The summed E-state index contributed by atoms with van der Waals surface area (Å²) in [4.78, 5) is 13.3. The molecular weight excluding hydrogens is 312 g/mol. The average molecular weight is 334 g/mol. The van der Waals surface area contributed by atoms with Crippen LogP contribution in [0.15, 0.2) is 11.7 Å². The maximum absolute atomic E-state index is 12.4. The second-order valence-electron chi connectivity index (χ2n) is 5.71. The van der Waals surface area contributed by atoms with E-state index in [-0.39, 0.29) is 5.91 Å². The van der Waals surface area contributed by atoms with Gasteiger partial charge < -0.3 is 14.6 Å². The van der Waals surface area contributed by atoms with Crippen LogP contribution in [0.4, 0.5) is 0 Å². The summed E-state index contributed by atoms with van der Waals surface area (Å²) in [6.07, 6.45) is 6.94. The van der Waals surface area contributed by atoms with Crippen LogP contribution >= 0.6 is 11.3 Å². The SMILES string of the molecule is COCCn1cnnc1CCNC(=O)c1scc2c1CCCC2. The summed E-state index contributed by atoms with van der Waals surface area (Å²) in [7, 11) is 1.67. The highest BCUT2D eigenvalue weighted by atomic mass is 32.1. The van der Waals surface area contributed by atoms with E-state index in [0.717, 1.165) is 30.1 Å². The Morgan fingerprint density at radius 1 is 1.43 bits per heavy atom. The number of ether oxygens (including phenoxy) is 1. The van der Waals surface area contributed by atoms with Gasteiger partial charge in [-0.05, 0) is 42.2 Å². The number of rotatable bonds is 7. The molecule has 0 saturated carbocycles. The molecule has 6 nitrogen and oxygen atoms in total. The van der Waals surface area contributed by atoms with E-state index in [1.165, 1.54) is 24.0 Å². The number of methoxy groups -OCH3 is 1. The summed E-state index contributed by atoms with van der Waals surface area (Å²) in [5, 5.41) is 13.2. The minimum Gasteiger partial charge on any atom is -0.383 e. The van der Waals surface area contributed by atoms with Gasteiger partial charge in [0.1, 0.15) is 12.2 Å². The number of carbonyl (C=O) groups excluding carboxylic acids is 1. The molecule has 7 heteroatoms. The zero-order valence-electron chi connectivity index (χ0n) is 13.4. The van der Waals surface area contributed by atoms with Gasteiger partial charge >= 0.3 is 0 Å². The van der Waals surface area contributed by atoms with E-state index < -0.39 is 0 Å². The van der Waals surface area contributed by atoms with Crippen LogP contribution in [-0.2, 0) is 30.5 Å². The smallest absolute Gasteiger partial charge is 0.261 e. The molecule has 0 atom stereocenters. The van der Waals surface area contributed by atoms with Crippen LogP contribution in [0.25, 0.3) is 0 Å². The summed E-state index contributed by atoms with van der Waals surface area (Å²) in [6, 6.07) is 0. The molecule has 1 N–H and O–H groups in total. The molecule has 2 heterocycles. The van der Waals surface area contributed by atoms with E-state index in [4.69, 9.17) is 4.74 Å². The van der Waals surface area contributed by atoms with E-state index in [1.807, 2.05) is 4.57 Å². The van der Waals surface area contributed by atoms with Crippen LogP contribution in [0, 0.1) is 0 Å². The minimum absolute atomic E-state index is 0.0427. The fourth-order valence-electron chi connectivity index (χ4n) is 2.93. The van der Waals surface area contributed by atoms with E-state index in [2.05, 4.69) is 20.9 Å². The molecule has 0 fully saturated rings. The van der Waals surface area contributed by atoms with Gasteiger partial charge in [-0.2, -0.15) is 0 Å². The Bertz CT molecular complexity index is 665. The van der Waals surface area contributed by atoms with Crippen LogP contribution in [-0.4, -0.2) is 40.9 Å². The van der Waals surface area contributed by atoms with Crippen molar-refractivity contribution in [3.63, 3.8) is 0 Å². The third kappa shape index (κ3) is 3.79. The van der Waals surface area contributed by atoms with Gasteiger partial charge in [0.15, 0.2) is 0 Å². The fourth-order valence-corrected chi connectivity index (χ4v) is 4.00. The largest absolute Gasteiger partial charge is 0.383 e. The Morgan fingerprint density at radius 3 is 3.17 bits per heavy atom. The van der Waals surface area contributed by atoms with Gasteiger partial charge in [-0.3, -0.25) is 4.79 Å². The minimum atomic E-state index is 0.0427. The summed E-state index contributed by atoms with van der Waals surface area (Å²) in [5.74, 6) is 0.914. The number of aryl methyl sites for hydroxylation is 1.